The normalized spacial score (nSPS) is 27.7. The number of hydrogen-bond acceptors (Lipinski definition) is 5. The first kappa shape index (κ1) is 16.5. The van der Waals surface area contributed by atoms with Crippen LogP contribution in [0.3, 0.4) is 0 Å². The highest BCUT2D eigenvalue weighted by Gasteiger charge is 2.47. The van der Waals surface area contributed by atoms with Crippen LogP contribution in [0.15, 0.2) is 11.6 Å². The van der Waals surface area contributed by atoms with Gasteiger partial charge in [-0.15, -0.1) is 0 Å². The Balaban J connectivity index is 1.97. The van der Waals surface area contributed by atoms with E-state index in [2.05, 4.69) is 11.0 Å². The standard InChI is InChI=1S/C16H27NO4/c1-4-11(2)16(20,12(3)18)15(19)21-10-13-7-9-17-8-5-6-14(13)17/h7,11-12,14,18,20H,4-6,8-10H2,1-3H3. The molecule has 5 heteroatoms. The predicted molar refractivity (Wildman–Crippen MR) is 79.7 cm³/mol. The van der Waals surface area contributed by atoms with Gasteiger partial charge < -0.3 is 14.9 Å². The summed E-state index contributed by atoms with van der Waals surface area (Å²) in [6.07, 6.45) is 3.84. The maximum atomic E-state index is 12.3. The number of aliphatic hydroxyl groups excluding tert-OH is 1. The van der Waals surface area contributed by atoms with E-state index in [4.69, 9.17) is 4.74 Å². The first-order valence-electron chi connectivity index (χ1n) is 7.91. The Morgan fingerprint density at radius 2 is 2.29 bits per heavy atom. The molecule has 0 aromatic carbocycles. The van der Waals surface area contributed by atoms with Gasteiger partial charge >= 0.3 is 5.97 Å². The Kier molecular flexibility index (Phi) is 5.07. The van der Waals surface area contributed by atoms with E-state index < -0.39 is 17.7 Å². The molecule has 0 saturated carbocycles. The van der Waals surface area contributed by atoms with Gasteiger partial charge in [0.2, 0.25) is 0 Å². The summed E-state index contributed by atoms with van der Waals surface area (Å²) in [4.78, 5) is 14.7. The Bertz CT molecular complexity index is 421. The lowest BCUT2D eigenvalue weighted by atomic mass is 9.82. The molecule has 5 nitrogen and oxygen atoms in total. The summed E-state index contributed by atoms with van der Waals surface area (Å²) in [5.74, 6) is -1.07. The molecule has 0 aliphatic carbocycles. The van der Waals surface area contributed by atoms with Crippen molar-refractivity contribution in [3.05, 3.63) is 11.6 Å². The number of aliphatic hydroxyl groups is 2. The topological polar surface area (TPSA) is 70.0 Å². The van der Waals surface area contributed by atoms with Crippen molar-refractivity contribution < 1.29 is 19.7 Å². The fraction of sp³-hybridized carbons (Fsp3) is 0.812. The van der Waals surface area contributed by atoms with Crippen LogP contribution in [0.2, 0.25) is 0 Å². The van der Waals surface area contributed by atoms with Crippen molar-refractivity contribution in [3.63, 3.8) is 0 Å². The summed E-state index contributed by atoms with van der Waals surface area (Å²) in [6, 6.07) is 0.390. The molecule has 2 aliphatic rings. The average Bonchev–Trinajstić information content (AvgIpc) is 3.06. The predicted octanol–water partition coefficient (Wildman–Crippen LogP) is 1.09. The number of carbonyl (C=O) groups is 1. The van der Waals surface area contributed by atoms with Gasteiger partial charge in [-0.1, -0.05) is 26.3 Å². The van der Waals surface area contributed by atoms with Crippen LogP contribution in [-0.4, -0.2) is 58.5 Å². The van der Waals surface area contributed by atoms with Gasteiger partial charge in [-0.25, -0.2) is 4.79 Å². The van der Waals surface area contributed by atoms with E-state index in [1.165, 1.54) is 13.3 Å². The van der Waals surface area contributed by atoms with E-state index in [0.29, 0.717) is 12.5 Å². The van der Waals surface area contributed by atoms with Crippen LogP contribution in [0, 0.1) is 5.92 Å². The fourth-order valence-corrected chi connectivity index (χ4v) is 3.35. The van der Waals surface area contributed by atoms with Crippen LogP contribution < -0.4 is 0 Å². The molecule has 1 fully saturated rings. The van der Waals surface area contributed by atoms with Gasteiger partial charge in [0.25, 0.3) is 0 Å². The molecule has 4 atom stereocenters. The molecule has 2 heterocycles. The van der Waals surface area contributed by atoms with Crippen LogP contribution in [0.5, 0.6) is 0 Å². The Morgan fingerprint density at radius 3 is 2.90 bits per heavy atom. The first-order chi connectivity index (χ1) is 9.91. The number of hydrogen-bond donors (Lipinski definition) is 2. The van der Waals surface area contributed by atoms with Gasteiger partial charge in [0, 0.05) is 12.6 Å². The van der Waals surface area contributed by atoms with Crippen molar-refractivity contribution >= 4 is 5.97 Å². The van der Waals surface area contributed by atoms with Gasteiger partial charge in [-0.2, -0.15) is 0 Å². The van der Waals surface area contributed by atoms with Crippen molar-refractivity contribution in [3.8, 4) is 0 Å². The number of ether oxygens (including phenoxy) is 1. The molecule has 0 aromatic rings. The molecular formula is C16H27NO4. The van der Waals surface area contributed by atoms with Crippen LogP contribution >= 0.6 is 0 Å². The molecule has 1 saturated heterocycles. The van der Waals surface area contributed by atoms with Crippen molar-refractivity contribution in [1.82, 2.24) is 4.90 Å². The van der Waals surface area contributed by atoms with E-state index in [0.717, 1.165) is 25.1 Å². The summed E-state index contributed by atoms with van der Waals surface area (Å²) in [6.45, 7) is 7.29. The molecule has 21 heavy (non-hydrogen) atoms. The summed E-state index contributed by atoms with van der Waals surface area (Å²) in [5.41, 5.74) is -0.707. The first-order valence-corrected chi connectivity index (χ1v) is 7.91. The third kappa shape index (κ3) is 3.00. The molecular weight excluding hydrogens is 270 g/mol. The van der Waals surface area contributed by atoms with E-state index in [9.17, 15) is 15.0 Å². The van der Waals surface area contributed by atoms with Crippen molar-refractivity contribution in [2.45, 2.75) is 57.8 Å². The molecule has 2 aliphatic heterocycles. The van der Waals surface area contributed by atoms with Gasteiger partial charge in [0.15, 0.2) is 5.60 Å². The summed E-state index contributed by atoms with van der Waals surface area (Å²) in [5, 5.41) is 20.3. The molecule has 4 unspecified atom stereocenters. The lowest BCUT2D eigenvalue weighted by Crippen LogP contribution is -2.54. The highest BCUT2D eigenvalue weighted by molar-refractivity contribution is 5.80. The lowest BCUT2D eigenvalue weighted by molar-refractivity contribution is -0.185. The third-order valence-corrected chi connectivity index (χ3v) is 5.08. The van der Waals surface area contributed by atoms with Gasteiger partial charge in [0.1, 0.15) is 6.61 Å². The van der Waals surface area contributed by atoms with Crippen LogP contribution in [0.25, 0.3) is 0 Å². The Labute approximate surface area is 126 Å². The summed E-state index contributed by atoms with van der Waals surface area (Å²) < 4.78 is 5.34. The van der Waals surface area contributed by atoms with Crippen molar-refractivity contribution in [2.75, 3.05) is 19.7 Å². The zero-order chi connectivity index (χ0) is 15.6. The minimum Gasteiger partial charge on any atom is -0.459 e. The number of nitrogens with zero attached hydrogens (tertiary/aromatic N) is 1. The number of rotatable bonds is 6. The summed E-state index contributed by atoms with van der Waals surface area (Å²) in [7, 11) is 0. The Hall–Kier alpha value is -0.910. The number of esters is 1. The monoisotopic (exact) mass is 297 g/mol. The maximum absolute atomic E-state index is 12.3. The summed E-state index contributed by atoms with van der Waals surface area (Å²) >= 11 is 0. The van der Waals surface area contributed by atoms with Crippen molar-refractivity contribution in [1.29, 1.82) is 0 Å². The minimum atomic E-state index is -1.83. The molecule has 2 N–H and O–H groups in total. The lowest BCUT2D eigenvalue weighted by Gasteiger charge is -2.34. The Morgan fingerprint density at radius 1 is 1.57 bits per heavy atom. The van der Waals surface area contributed by atoms with E-state index >= 15 is 0 Å². The largest absolute Gasteiger partial charge is 0.459 e. The number of carbonyl (C=O) groups excluding carboxylic acids is 1. The van der Waals surface area contributed by atoms with Gasteiger partial charge in [-0.05, 0) is 37.8 Å². The zero-order valence-electron chi connectivity index (χ0n) is 13.2. The third-order valence-electron chi connectivity index (χ3n) is 5.08. The molecule has 0 bridgehead atoms. The van der Waals surface area contributed by atoms with E-state index in [1.807, 2.05) is 6.92 Å². The average molecular weight is 297 g/mol. The molecule has 0 amide bonds. The fourth-order valence-electron chi connectivity index (χ4n) is 3.35. The van der Waals surface area contributed by atoms with E-state index in [-0.39, 0.29) is 12.5 Å². The zero-order valence-corrected chi connectivity index (χ0v) is 13.2. The maximum Gasteiger partial charge on any atom is 0.341 e. The highest BCUT2D eigenvalue weighted by Crippen LogP contribution is 2.30. The van der Waals surface area contributed by atoms with Gasteiger partial charge in [-0.3, -0.25) is 4.90 Å². The van der Waals surface area contributed by atoms with Crippen LogP contribution in [0.1, 0.15) is 40.0 Å². The smallest absolute Gasteiger partial charge is 0.341 e. The molecule has 0 aromatic heterocycles. The second-order valence-electron chi connectivity index (χ2n) is 6.32. The second-order valence-corrected chi connectivity index (χ2v) is 6.32. The van der Waals surface area contributed by atoms with Crippen LogP contribution in [-0.2, 0) is 9.53 Å². The van der Waals surface area contributed by atoms with Gasteiger partial charge in [0.05, 0.1) is 6.10 Å². The van der Waals surface area contributed by atoms with E-state index in [1.54, 1.807) is 6.92 Å². The molecule has 0 radical (unpaired) electrons. The molecule has 120 valence electrons. The molecule has 2 rings (SSSR count). The van der Waals surface area contributed by atoms with Crippen LogP contribution in [0.4, 0.5) is 0 Å². The second kappa shape index (κ2) is 6.46. The quantitative estimate of drug-likeness (QED) is 0.567. The highest BCUT2D eigenvalue weighted by atomic mass is 16.6. The molecule has 0 spiro atoms. The minimum absolute atomic E-state index is 0.214. The van der Waals surface area contributed by atoms with Crippen molar-refractivity contribution in [2.24, 2.45) is 5.92 Å². The SMILES string of the molecule is CCC(C)C(O)(C(=O)OCC1=CCN2CCCC12)C(C)O. The number of fused-ring (bicyclic) bond motifs is 1.